The maximum atomic E-state index is 6.36. The Morgan fingerprint density at radius 2 is 1.71 bits per heavy atom. The SMILES string of the molecule is COc1ccccc1-c1c(C)nn(-c2c(Cl)cc(Cl)cc2Cl)c1N. The van der Waals surface area contributed by atoms with Crippen LogP contribution in [0, 0.1) is 6.92 Å². The molecule has 7 heteroatoms. The molecule has 4 nitrogen and oxygen atoms in total. The largest absolute Gasteiger partial charge is 0.496 e. The van der Waals surface area contributed by atoms with Gasteiger partial charge in [0.1, 0.15) is 17.3 Å². The lowest BCUT2D eigenvalue weighted by Crippen LogP contribution is -2.04. The zero-order valence-corrected chi connectivity index (χ0v) is 15.2. The van der Waals surface area contributed by atoms with Gasteiger partial charge in [0.2, 0.25) is 0 Å². The minimum Gasteiger partial charge on any atom is -0.496 e. The number of hydrogen-bond donors (Lipinski definition) is 1. The van der Waals surface area contributed by atoms with E-state index in [2.05, 4.69) is 5.10 Å². The van der Waals surface area contributed by atoms with Crippen LogP contribution in [0.15, 0.2) is 36.4 Å². The van der Waals surface area contributed by atoms with Gasteiger partial charge in [-0.3, -0.25) is 0 Å². The molecule has 0 spiro atoms. The number of anilines is 1. The molecule has 0 fully saturated rings. The maximum Gasteiger partial charge on any atom is 0.135 e. The monoisotopic (exact) mass is 381 g/mol. The highest BCUT2D eigenvalue weighted by atomic mass is 35.5. The summed E-state index contributed by atoms with van der Waals surface area (Å²) < 4.78 is 6.95. The fourth-order valence-electron chi connectivity index (χ4n) is 2.64. The van der Waals surface area contributed by atoms with Crippen molar-refractivity contribution in [3.05, 3.63) is 57.2 Å². The van der Waals surface area contributed by atoms with E-state index in [1.165, 1.54) is 4.68 Å². The third kappa shape index (κ3) is 2.81. The molecule has 0 bridgehead atoms. The predicted molar refractivity (Wildman–Crippen MR) is 99.7 cm³/mol. The topological polar surface area (TPSA) is 53.1 Å². The first kappa shape index (κ1) is 17.0. The number of rotatable bonds is 3. The Bertz CT molecular complexity index is 898. The van der Waals surface area contributed by atoms with E-state index in [9.17, 15) is 0 Å². The first-order valence-corrected chi connectivity index (χ1v) is 8.20. The number of hydrogen-bond acceptors (Lipinski definition) is 3. The zero-order valence-electron chi connectivity index (χ0n) is 13.0. The Kier molecular flexibility index (Phi) is 4.63. The van der Waals surface area contributed by atoms with Crippen LogP contribution in [0.3, 0.4) is 0 Å². The molecule has 0 radical (unpaired) electrons. The summed E-state index contributed by atoms with van der Waals surface area (Å²) in [5.74, 6) is 1.13. The lowest BCUT2D eigenvalue weighted by molar-refractivity contribution is 0.416. The number of aromatic nitrogens is 2. The molecule has 2 N–H and O–H groups in total. The fourth-order valence-corrected chi connectivity index (χ4v) is 3.61. The predicted octanol–water partition coefficient (Wildman–Crippen LogP) is 5.40. The summed E-state index contributed by atoms with van der Waals surface area (Å²) in [7, 11) is 1.61. The van der Waals surface area contributed by atoms with Crippen LogP contribution in [-0.2, 0) is 0 Å². The van der Waals surface area contributed by atoms with Crippen LogP contribution in [0.2, 0.25) is 15.1 Å². The molecule has 24 heavy (non-hydrogen) atoms. The van der Waals surface area contributed by atoms with E-state index < -0.39 is 0 Å². The molecule has 1 heterocycles. The summed E-state index contributed by atoms with van der Waals surface area (Å²) in [5.41, 5.74) is 9.21. The van der Waals surface area contributed by atoms with E-state index in [-0.39, 0.29) is 0 Å². The normalized spacial score (nSPS) is 10.9. The Morgan fingerprint density at radius 1 is 1.08 bits per heavy atom. The van der Waals surface area contributed by atoms with Crippen molar-refractivity contribution in [1.29, 1.82) is 0 Å². The third-order valence-corrected chi connectivity index (χ3v) is 4.46. The van der Waals surface area contributed by atoms with E-state index in [4.69, 9.17) is 45.3 Å². The second-order valence-corrected chi connectivity index (χ2v) is 6.43. The van der Waals surface area contributed by atoms with Crippen LogP contribution in [0.25, 0.3) is 16.8 Å². The Morgan fingerprint density at radius 3 is 2.33 bits per heavy atom. The van der Waals surface area contributed by atoms with E-state index in [1.54, 1.807) is 19.2 Å². The molecule has 1 aromatic heterocycles. The van der Waals surface area contributed by atoms with Crippen molar-refractivity contribution in [1.82, 2.24) is 9.78 Å². The first-order valence-electron chi connectivity index (χ1n) is 7.07. The Labute approximate surface area is 154 Å². The van der Waals surface area contributed by atoms with Crippen molar-refractivity contribution in [2.24, 2.45) is 0 Å². The number of methoxy groups -OCH3 is 1. The Balaban J connectivity index is 2.25. The Hall–Kier alpha value is -1.88. The number of nitrogens with two attached hydrogens (primary N) is 1. The van der Waals surface area contributed by atoms with Crippen molar-refractivity contribution in [2.45, 2.75) is 6.92 Å². The van der Waals surface area contributed by atoms with Gasteiger partial charge in [0.15, 0.2) is 0 Å². The molecule has 0 saturated heterocycles. The van der Waals surface area contributed by atoms with Crippen molar-refractivity contribution in [3.63, 3.8) is 0 Å². The van der Waals surface area contributed by atoms with Gasteiger partial charge in [0, 0.05) is 10.6 Å². The standard InChI is InChI=1S/C17H14Cl3N3O/c1-9-15(11-5-3-4-6-14(11)24-2)17(21)23(22-9)16-12(19)7-10(18)8-13(16)20/h3-8H,21H2,1-2H3. The number of nitrogen functional groups attached to an aromatic ring is 1. The average molecular weight is 383 g/mol. The fraction of sp³-hybridized carbons (Fsp3) is 0.118. The number of ether oxygens (including phenoxy) is 1. The average Bonchev–Trinajstić information content (AvgIpc) is 2.81. The van der Waals surface area contributed by atoms with Gasteiger partial charge < -0.3 is 10.5 Å². The van der Waals surface area contributed by atoms with Gasteiger partial charge in [-0.25, -0.2) is 4.68 Å². The van der Waals surface area contributed by atoms with E-state index in [1.807, 2.05) is 31.2 Å². The van der Waals surface area contributed by atoms with Gasteiger partial charge in [-0.05, 0) is 25.1 Å². The quantitative estimate of drug-likeness (QED) is 0.660. The van der Waals surface area contributed by atoms with E-state index in [0.29, 0.717) is 32.3 Å². The molecular formula is C17H14Cl3N3O. The molecular weight excluding hydrogens is 369 g/mol. The second kappa shape index (κ2) is 6.55. The van der Waals surface area contributed by atoms with Crippen LogP contribution in [0.4, 0.5) is 5.82 Å². The van der Waals surface area contributed by atoms with Gasteiger partial charge >= 0.3 is 0 Å². The van der Waals surface area contributed by atoms with Gasteiger partial charge in [-0.15, -0.1) is 0 Å². The van der Waals surface area contributed by atoms with Gasteiger partial charge in [0.25, 0.3) is 0 Å². The number of para-hydroxylation sites is 1. The molecule has 3 aromatic rings. The summed E-state index contributed by atoms with van der Waals surface area (Å²) in [4.78, 5) is 0. The van der Waals surface area contributed by atoms with Gasteiger partial charge in [-0.1, -0.05) is 53.0 Å². The van der Waals surface area contributed by atoms with Crippen molar-refractivity contribution >= 4 is 40.6 Å². The molecule has 0 atom stereocenters. The van der Waals surface area contributed by atoms with E-state index in [0.717, 1.165) is 16.8 Å². The molecule has 0 unspecified atom stereocenters. The second-order valence-electron chi connectivity index (χ2n) is 5.18. The van der Waals surface area contributed by atoms with Crippen molar-refractivity contribution in [2.75, 3.05) is 12.8 Å². The smallest absolute Gasteiger partial charge is 0.135 e. The minimum atomic E-state index is 0.369. The van der Waals surface area contributed by atoms with Crippen LogP contribution < -0.4 is 10.5 Å². The number of nitrogens with zero attached hydrogens (tertiary/aromatic N) is 2. The number of benzene rings is 2. The van der Waals surface area contributed by atoms with Gasteiger partial charge in [-0.2, -0.15) is 5.10 Å². The molecule has 3 rings (SSSR count). The van der Waals surface area contributed by atoms with Crippen LogP contribution in [0.5, 0.6) is 5.75 Å². The van der Waals surface area contributed by atoms with Crippen molar-refractivity contribution in [3.8, 4) is 22.6 Å². The molecule has 0 aliphatic heterocycles. The summed E-state index contributed by atoms with van der Waals surface area (Å²) >= 11 is 18.6. The summed E-state index contributed by atoms with van der Waals surface area (Å²) in [6, 6.07) is 10.8. The highest BCUT2D eigenvalue weighted by Crippen LogP contribution is 2.40. The van der Waals surface area contributed by atoms with Crippen molar-refractivity contribution < 1.29 is 4.74 Å². The molecule has 2 aromatic carbocycles. The molecule has 124 valence electrons. The molecule has 0 saturated carbocycles. The lowest BCUT2D eigenvalue weighted by Gasteiger charge is -2.11. The molecule has 0 aliphatic carbocycles. The minimum absolute atomic E-state index is 0.369. The number of aryl methyl sites for hydroxylation is 1. The summed E-state index contributed by atoms with van der Waals surface area (Å²) in [6.45, 7) is 1.87. The van der Waals surface area contributed by atoms with Crippen LogP contribution in [0.1, 0.15) is 5.69 Å². The van der Waals surface area contributed by atoms with Crippen LogP contribution >= 0.6 is 34.8 Å². The first-order chi connectivity index (χ1) is 11.4. The summed E-state index contributed by atoms with van der Waals surface area (Å²) in [6.07, 6.45) is 0. The zero-order chi connectivity index (χ0) is 17.4. The molecule has 0 aliphatic rings. The highest BCUT2D eigenvalue weighted by Gasteiger charge is 2.21. The maximum absolute atomic E-state index is 6.36. The third-order valence-electron chi connectivity index (χ3n) is 3.67. The molecule has 0 amide bonds. The highest BCUT2D eigenvalue weighted by molar-refractivity contribution is 6.40. The van der Waals surface area contributed by atoms with Gasteiger partial charge in [0.05, 0.1) is 28.4 Å². The summed E-state index contributed by atoms with van der Waals surface area (Å²) in [5, 5.41) is 5.69. The van der Waals surface area contributed by atoms with E-state index >= 15 is 0 Å². The lowest BCUT2D eigenvalue weighted by atomic mass is 10.0. The number of halogens is 3. The van der Waals surface area contributed by atoms with Crippen LogP contribution in [-0.4, -0.2) is 16.9 Å².